The van der Waals surface area contributed by atoms with E-state index in [2.05, 4.69) is 25.6 Å². The van der Waals surface area contributed by atoms with Crippen LogP contribution in [0.1, 0.15) is 51.4 Å². The van der Waals surface area contributed by atoms with Crippen molar-refractivity contribution in [2.24, 2.45) is 11.5 Å². The van der Waals surface area contributed by atoms with Crippen molar-refractivity contribution in [1.82, 2.24) is 15.0 Å². The van der Waals surface area contributed by atoms with Gasteiger partial charge in [0.15, 0.2) is 0 Å². The second kappa shape index (κ2) is 13.2. The number of nitrogens with one attached hydrogen (secondary N) is 2. The van der Waals surface area contributed by atoms with E-state index < -0.39 is 0 Å². The van der Waals surface area contributed by atoms with Crippen LogP contribution in [0.4, 0.5) is 11.9 Å². The molecule has 0 atom stereocenters. The molecule has 0 aromatic carbocycles. The molecule has 0 bridgehead atoms. The lowest BCUT2D eigenvalue weighted by atomic mass is 10.2. The van der Waals surface area contributed by atoms with Gasteiger partial charge in [0.2, 0.25) is 11.9 Å². The molecule has 0 fully saturated rings. The Morgan fingerprint density at radius 1 is 0.682 bits per heavy atom. The standard InChI is InChI=1S/C15H31N7/c16-9-5-1-3-7-11-18-14-20-13-21-15(22-14)19-12-8-4-2-6-10-17/h13H,1-12,16-17H2,(H2,18,19,20,21,22). The number of hydrogen-bond donors (Lipinski definition) is 4. The Balaban J connectivity index is 2.13. The molecule has 1 aromatic heterocycles. The van der Waals surface area contributed by atoms with Crippen molar-refractivity contribution in [3.05, 3.63) is 6.33 Å². The highest BCUT2D eigenvalue weighted by molar-refractivity contribution is 5.32. The van der Waals surface area contributed by atoms with E-state index in [1.807, 2.05) is 0 Å². The zero-order chi connectivity index (χ0) is 15.9. The molecule has 0 aliphatic carbocycles. The van der Waals surface area contributed by atoms with Crippen LogP contribution in [-0.4, -0.2) is 41.1 Å². The van der Waals surface area contributed by atoms with Crippen LogP contribution in [0.15, 0.2) is 6.33 Å². The number of rotatable bonds is 14. The van der Waals surface area contributed by atoms with Crippen LogP contribution in [0.2, 0.25) is 0 Å². The number of nitrogens with zero attached hydrogens (tertiary/aromatic N) is 3. The van der Waals surface area contributed by atoms with Crippen LogP contribution in [0.5, 0.6) is 0 Å². The van der Waals surface area contributed by atoms with Gasteiger partial charge in [0.25, 0.3) is 0 Å². The Bertz CT molecular complexity index is 341. The molecule has 7 heteroatoms. The van der Waals surface area contributed by atoms with Crippen LogP contribution >= 0.6 is 0 Å². The van der Waals surface area contributed by atoms with Crippen molar-refractivity contribution >= 4 is 11.9 Å². The Kier molecular flexibility index (Phi) is 11.2. The molecule has 7 nitrogen and oxygen atoms in total. The van der Waals surface area contributed by atoms with E-state index in [1.54, 1.807) is 6.33 Å². The molecule has 1 heterocycles. The van der Waals surface area contributed by atoms with Crippen LogP contribution in [0.3, 0.4) is 0 Å². The van der Waals surface area contributed by atoms with Gasteiger partial charge in [-0.15, -0.1) is 0 Å². The molecule has 0 saturated carbocycles. The molecule has 0 spiro atoms. The van der Waals surface area contributed by atoms with Gasteiger partial charge in [0.1, 0.15) is 6.33 Å². The Hall–Kier alpha value is -1.47. The summed E-state index contributed by atoms with van der Waals surface area (Å²) in [5.74, 6) is 1.28. The maximum Gasteiger partial charge on any atom is 0.227 e. The maximum absolute atomic E-state index is 5.47. The topological polar surface area (TPSA) is 115 Å². The highest BCUT2D eigenvalue weighted by Crippen LogP contribution is 2.05. The number of anilines is 2. The summed E-state index contributed by atoms with van der Waals surface area (Å²) in [4.78, 5) is 12.6. The molecular formula is C15H31N7. The van der Waals surface area contributed by atoms with E-state index >= 15 is 0 Å². The van der Waals surface area contributed by atoms with Gasteiger partial charge in [-0.2, -0.15) is 4.98 Å². The number of aromatic nitrogens is 3. The summed E-state index contributed by atoms with van der Waals surface area (Å²) >= 11 is 0. The molecule has 0 radical (unpaired) electrons. The summed E-state index contributed by atoms with van der Waals surface area (Å²) in [6.45, 7) is 3.32. The van der Waals surface area contributed by atoms with E-state index in [0.29, 0.717) is 11.9 Å². The van der Waals surface area contributed by atoms with Gasteiger partial charge in [0.05, 0.1) is 0 Å². The Morgan fingerprint density at radius 2 is 1.14 bits per heavy atom. The minimum absolute atomic E-state index is 0.638. The minimum Gasteiger partial charge on any atom is -0.354 e. The quantitative estimate of drug-likeness (QED) is 0.387. The predicted octanol–water partition coefficient (Wildman–Crippen LogP) is 1.73. The van der Waals surface area contributed by atoms with Crippen molar-refractivity contribution in [2.45, 2.75) is 51.4 Å². The lowest BCUT2D eigenvalue weighted by molar-refractivity contribution is 0.658. The third-order valence-electron chi connectivity index (χ3n) is 3.40. The SMILES string of the molecule is NCCCCCCNc1ncnc(NCCCCCCN)n1. The monoisotopic (exact) mass is 309 g/mol. The first-order valence-electron chi connectivity index (χ1n) is 8.43. The van der Waals surface area contributed by atoms with Crippen molar-refractivity contribution in [3.63, 3.8) is 0 Å². The predicted molar refractivity (Wildman–Crippen MR) is 91.9 cm³/mol. The van der Waals surface area contributed by atoms with Gasteiger partial charge < -0.3 is 22.1 Å². The summed E-state index contributed by atoms with van der Waals surface area (Å²) < 4.78 is 0. The number of unbranched alkanes of at least 4 members (excludes halogenated alkanes) is 6. The minimum atomic E-state index is 0.638. The lowest BCUT2D eigenvalue weighted by Gasteiger charge is -2.07. The fourth-order valence-corrected chi connectivity index (χ4v) is 2.11. The zero-order valence-electron chi connectivity index (χ0n) is 13.6. The molecule has 0 aliphatic heterocycles. The van der Waals surface area contributed by atoms with Gasteiger partial charge in [-0.25, -0.2) is 9.97 Å². The molecule has 22 heavy (non-hydrogen) atoms. The molecule has 0 aliphatic rings. The summed E-state index contributed by atoms with van der Waals surface area (Å²) in [6.07, 6.45) is 10.7. The van der Waals surface area contributed by atoms with Crippen LogP contribution in [0, 0.1) is 0 Å². The van der Waals surface area contributed by atoms with Crippen LogP contribution < -0.4 is 22.1 Å². The lowest BCUT2D eigenvalue weighted by Crippen LogP contribution is -2.10. The number of hydrogen-bond acceptors (Lipinski definition) is 7. The third-order valence-corrected chi connectivity index (χ3v) is 3.40. The number of nitrogens with two attached hydrogens (primary N) is 2. The van der Waals surface area contributed by atoms with Gasteiger partial charge in [-0.1, -0.05) is 25.7 Å². The van der Waals surface area contributed by atoms with Crippen LogP contribution in [0.25, 0.3) is 0 Å². The fraction of sp³-hybridized carbons (Fsp3) is 0.800. The van der Waals surface area contributed by atoms with E-state index in [0.717, 1.165) is 51.9 Å². The van der Waals surface area contributed by atoms with Crippen molar-refractivity contribution in [1.29, 1.82) is 0 Å². The molecule has 126 valence electrons. The van der Waals surface area contributed by atoms with Crippen molar-refractivity contribution in [2.75, 3.05) is 36.8 Å². The summed E-state index contributed by atoms with van der Waals surface area (Å²) in [7, 11) is 0. The van der Waals surface area contributed by atoms with Gasteiger partial charge in [-0.3, -0.25) is 0 Å². The second-order valence-electron chi connectivity index (χ2n) is 5.39. The Morgan fingerprint density at radius 3 is 1.59 bits per heavy atom. The van der Waals surface area contributed by atoms with E-state index in [9.17, 15) is 0 Å². The van der Waals surface area contributed by atoms with E-state index in [-0.39, 0.29) is 0 Å². The summed E-state index contributed by atoms with van der Waals surface area (Å²) in [6, 6.07) is 0. The molecule has 0 amide bonds. The average Bonchev–Trinajstić information content (AvgIpc) is 2.54. The molecule has 1 rings (SSSR count). The average molecular weight is 309 g/mol. The summed E-state index contributed by atoms with van der Waals surface area (Å²) in [5, 5.41) is 6.47. The van der Waals surface area contributed by atoms with E-state index in [4.69, 9.17) is 11.5 Å². The highest BCUT2D eigenvalue weighted by Gasteiger charge is 2.00. The van der Waals surface area contributed by atoms with Crippen molar-refractivity contribution < 1.29 is 0 Å². The smallest absolute Gasteiger partial charge is 0.227 e. The van der Waals surface area contributed by atoms with Crippen LogP contribution in [-0.2, 0) is 0 Å². The van der Waals surface area contributed by atoms with E-state index in [1.165, 1.54) is 25.7 Å². The van der Waals surface area contributed by atoms with Gasteiger partial charge in [-0.05, 0) is 38.8 Å². The second-order valence-corrected chi connectivity index (χ2v) is 5.39. The molecular weight excluding hydrogens is 278 g/mol. The summed E-state index contributed by atoms with van der Waals surface area (Å²) in [5.41, 5.74) is 10.9. The Labute approximate surface area is 133 Å². The normalized spacial score (nSPS) is 10.6. The molecule has 6 N–H and O–H groups in total. The highest BCUT2D eigenvalue weighted by atomic mass is 15.2. The van der Waals surface area contributed by atoms with Crippen molar-refractivity contribution in [3.8, 4) is 0 Å². The first-order valence-corrected chi connectivity index (χ1v) is 8.43. The molecule has 1 aromatic rings. The molecule has 0 unspecified atom stereocenters. The fourth-order valence-electron chi connectivity index (χ4n) is 2.11. The third kappa shape index (κ3) is 9.46. The first kappa shape index (κ1) is 18.6. The zero-order valence-corrected chi connectivity index (χ0v) is 13.6. The van der Waals surface area contributed by atoms with Gasteiger partial charge in [0, 0.05) is 13.1 Å². The maximum atomic E-state index is 5.47. The first-order chi connectivity index (χ1) is 10.9. The molecule has 0 saturated heterocycles. The van der Waals surface area contributed by atoms with Gasteiger partial charge >= 0.3 is 0 Å². The largest absolute Gasteiger partial charge is 0.354 e.